The van der Waals surface area contributed by atoms with Gasteiger partial charge in [0, 0.05) is 0 Å². The van der Waals surface area contributed by atoms with E-state index in [2.05, 4.69) is 9.47 Å². The summed E-state index contributed by atoms with van der Waals surface area (Å²) in [6, 6.07) is 0. The van der Waals surface area contributed by atoms with Gasteiger partial charge in [0.25, 0.3) is 0 Å². The van der Waals surface area contributed by atoms with Crippen LogP contribution in [-0.2, 0) is 19.1 Å². The Bertz CT molecular complexity index is 210. The molecule has 4 nitrogen and oxygen atoms in total. The van der Waals surface area contributed by atoms with Crippen LogP contribution in [0.25, 0.3) is 0 Å². The van der Waals surface area contributed by atoms with Gasteiger partial charge in [0.05, 0.1) is 26.1 Å². The molecule has 0 radical (unpaired) electrons. The quantitative estimate of drug-likeness (QED) is 0.548. The Hall–Kier alpha value is 0.1000. The molecule has 0 aromatic heterocycles. The van der Waals surface area contributed by atoms with Gasteiger partial charge < -0.3 is 9.47 Å². The highest BCUT2D eigenvalue weighted by Gasteiger charge is 2.07. The molecule has 0 unspecified atom stereocenters. The first-order valence-electron chi connectivity index (χ1n) is 5.22. The van der Waals surface area contributed by atoms with Crippen molar-refractivity contribution in [3.8, 4) is 0 Å². The van der Waals surface area contributed by atoms with Gasteiger partial charge in [-0.05, 0) is 13.8 Å². The summed E-state index contributed by atoms with van der Waals surface area (Å²) in [7, 11) is 0. The van der Waals surface area contributed by atoms with Gasteiger partial charge in [0.2, 0.25) is 0 Å². The maximum atomic E-state index is 10.7. The van der Waals surface area contributed by atoms with Crippen molar-refractivity contribution in [2.45, 2.75) is 36.4 Å². The summed E-state index contributed by atoms with van der Waals surface area (Å²) >= 11 is 20.5. The minimum absolute atomic E-state index is 0.104. The molecular formula is C10H16Cl4O4. The van der Waals surface area contributed by atoms with E-state index in [0.717, 1.165) is 0 Å². The van der Waals surface area contributed by atoms with E-state index in [1.54, 1.807) is 13.8 Å². The fourth-order valence-corrected chi connectivity index (χ4v) is 0.670. The summed E-state index contributed by atoms with van der Waals surface area (Å²) < 4.78 is 9.25. The van der Waals surface area contributed by atoms with E-state index in [1.807, 2.05) is 0 Å². The van der Waals surface area contributed by atoms with Crippen molar-refractivity contribution in [3.05, 3.63) is 0 Å². The molecular weight excluding hydrogens is 326 g/mol. The van der Waals surface area contributed by atoms with Gasteiger partial charge in [-0.1, -0.05) is 0 Å². The molecule has 0 amide bonds. The lowest BCUT2D eigenvalue weighted by Crippen LogP contribution is -2.09. The van der Waals surface area contributed by atoms with Crippen LogP contribution in [0.1, 0.15) is 26.7 Å². The molecule has 0 N–H and O–H groups in total. The number of hydrogen-bond acceptors (Lipinski definition) is 4. The van der Waals surface area contributed by atoms with Crippen molar-refractivity contribution >= 4 is 58.3 Å². The number of esters is 2. The van der Waals surface area contributed by atoms with E-state index < -0.39 is 9.67 Å². The maximum Gasteiger partial charge on any atom is 0.306 e. The van der Waals surface area contributed by atoms with Crippen molar-refractivity contribution in [2.24, 2.45) is 0 Å². The zero-order valence-electron chi connectivity index (χ0n) is 10.1. The van der Waals surface area contributed by atoms with E-state index in [1.165, 1.54) is 0 Å². The number of carbonyl (C=O) groups excluding carboxylic acids is 2. The van der Waals surface area contributed by atoms with Crippen molar-refractivity contribution in [3.63, 3.8) is 0 Å². The van der Waals surface area contributed by atoms with Crippen LogP contribution in [-0.4, -0.2) is 34.8 Å². The van der Waals surface area contributed by atoms with Gasteiger partial charge >= 0.3 is 11.9 Å². The van der Waals surface area contributed by atoms with Gasteiger partial charge in [-0.2, -0.15) is 0 Å². The van der Waals surface area contributed by atoms with Crippen LogP contribution in [0.5, 0.6) is 0 Å². The second kappa shape index (κ2) is 13.5. The molecule has 0 saturated carbocycles. The standard InChI is InChI=1S/C8H14O4.C2H2Cl4/c1-3-11-7(9)5-6-8(10)12-4-2;3-1(4)2(5)6/h3-6H2,1-2H3;1-2H. The topological polar surface area (TPSA) is 52.6 Å². The Labute approximate surface area is 127 Å². The van der Waals surface area contributed by atoms with Crippen LogP contribution in [0, 0.1) is 0 Å². The zero-order valence-corrected chi connectivity index (χ0v) is 13.2. The van der Waals surface area contributed by atoms with E-state index >= 15 is 0 Å². The molecule has 0 aromatic rings. The zero-order chi connectivity index (χ0) is 14.6. The summed E-state index contributed by atoms with van der Waals surface area (Å²) in [6.07, 6.45) is 0.208. The highest BCUT2D eigenvalue weighted by molar-refractivity contribution is 6.56. The van der Waals surface area contributed by atoms with E-state index in [4.69, 9.17) is 46.4 Å². The van der Waals surface area contributed by atoms with Crippen LogP contribution in [0.2, 0.25) is 0 Å². The Morgan fingerprint density at radius 1 is 0.833 bits per heavy atom. The van der Waals surface area contributed by atoms with Gasteiger partial charge in [0.15, 0.2) is 0 Å². The van der Waals surface area contributed by atoms with Gasteiger partial charge in [-0.25, -0.2) is 0 Å². The van der Waals surface area contributed by atoms with Crippen LogP contribution in [0.3, 0.4) is 0 Å². The molecule has 0 aliphatic rings. The molecule has 0 saturated heterocycles. The highest BCUT2D eigenvalue weighted by Crippen LogP contribution is 2.16. The van der Waals surface area contributed by atoms with Gasteiger partial charge in [0.1, 0.15) is 9.67 Å². The molecule has 0 aliphatic heterocycles. The largest absolute Gasteiger partial charge is 0.466 e. The fraction of sp³-hybridized carbons (Fsp3) is 0.800. The summed E-state index contributed by atoms with van der Waals surface area (Å²) in [6.45, 7) is 4.15. The number of rotatable bonds is 6. The van der Waals surface area contributed by atoms with E-state index in [-0.39, 0.29) is 24.8 Å². The Balaban J connectivity index is 0. The van der Waals surface area contributed by atoms with Crippen molar-refractivity contribution in [2.75, 3.05) is 13.2 Å². The highest BCUT2D eigenvalue weighted by atomic mass is 35.5. The Morgan fingerprint density at radius 2 is 1.11 bits per heavy atom. The van der Waals surface area contributed by atoms with Crippen LogP contribution in [0.4, 0.5) is 0 Å². The van der Waals surface area contributed by atoms with E-state index in [0.29, 0.717) is 13.2 Å². The van der Waals surface area contributed by atoms with Crippen molar-refractivity contribution in [1.82, 2.24) is 0 Å². The number of ether oxygens (including phenoxy) is 2. The number of halogens is 4. The lowest BCUT2D eigenvalue weighted by Gasteiger charge is -2.01. The van der Waals surface area contributed by atoms with Crippen molar-refractivity contribution in [1.29, 1.82) is 0 Å². The SMILES string of the molecule is CCOC(=O)CCC(=O)OCC.ClC(Cl)C(Cl)Cl. The monoisotopic (exact) mass is 340 g/mol. The Kier molecular flexibility index (Phi) is 15.3. The predicted octanol–water partition coefficient (Wildman–Crippen LogP) is 3.49. The third-order valence-electron chi connectivity index (χ3n) is 1.33. The minimum Gasteiger partial charge on any atom is -0.466 e. The average molecular weight is 342 g/mol. The summed E-state index contributed by atoms with van der Waals surface area (Å²) in [5.41, 5.74) is 0. The number of hydrogen-bond donors (Lipinski definition) is 0. The molecule has 18 heavy (non-hydrogen) atoms. The lowest BCUT2D eigenvalue weighted by molar-refractivity contribution is -0.149. The average Bonchev–Trinajstić information content (AvgIpc) is 2.28. The maximum absolute atomic E-state index is 10.7. The second-order valence-electron chi connectivity index (χ2n) is 2.78. The molecule has 0 aliphatic carbocycles. The third kappa shape index (κ3) is 16.1. The minimum atomic E-state index is -0.673. The first-order valence-corrected chi connectivity index (χ1v) is 6.97. The molecule has 0 rings (SSSR count). The lowest BCUT2D eigenvalue weighted by atomic mass is 10.3. The third-order valence-corrected chi connectivity index (χ3v) is 2.86. The molecule has 0 heterocycles. The molecule has 0 spiro atoms. The molecule has 108 valence electrons. The van der Waals surface area contributed by atoms with Crippen LogP contribution in [0.15, 0.2) is 0 Å². The van der Waals surface area contributed by atoms with Crippen LogP contribution < -0.4 is 0 Å². The first kappa shape index (κ1) is 20.4. The molecule has 0 aromatic carbocycles. The first-order chi connectivity index (χ1) is 8.34. The molecule has 0 bridgehead atoms. The summed E-state index contributed by atoms with van der Waals surface area (Å²) in [5.74, 6) is -0.712. The molecule has 0 atom stereocenters. The number of carbonyl (C=O) groups is 2. The Morgan fingerprint density at radius 3 is 1.28 bits per heavy atom. The van der Waals surface area contributed by atoms with Crippen LogP contribution >= 0.6 is 46.4 Å². The fourth-order valence-electron chi connectivity index (χ4n) is 0.670. The van der Waals surface area contributed by atoms with Gasteiger partial charge in [-0.3, -0.25) is 9.59 Å². The van der Waals surface area contributed by atoms with Gasteiger partial charge in [-0.15, -0.1) is 46.4 Å². The second-order valence-corrected chi connectivity index (χ2v) is 5.11. The predicted molar refractivity (Wildman–Crippen MR) is 73.5 cm³/mol. The smallest absolute Gasteiger partial charge is 0.306 e. The summed E-state index contributed by atoms with van der Waals surface area (Å²) in [5, 5.41) is 0. The molecule has 8 heteroatoms. The normalized spacial score (nSPS) is 9.78. The van der Waals surface area contributed by atoms with E-state index in [9.17, 15) is 9.59 Å². The molecule has 0 fully saturated rings. The van der Waals surface area contributed by atoms with Crippen molar-refractivity contribution < 1.29 is 19.1 Å². The summed E-state index contributed by atoms with van der Waals surface area (Å²) in [4.78, 5) is 20.1. The number of alkyl halides is 4.